The molecule has 4 aliphatic rings. The quantitative estimate of drug-likeness (QED) is 0.165. The lowest BCUT2D eigenvalue weighted by Gasteiger charge is -2.45. The predicted octanol–water partition coefficient (Wildman–Crippen LogP) is 17.4. The summed E-state index contributed by atoms with van der Waals surface area (Å²) in [5.41, 5.74) is 24.2. The van der Waals surface area contributed by atoms with Gasteiger partial charge >= 0.3 is 0 Å². The number of hydrogen-bond donors (Lipinski definition) is 0. The van der Waals surface area contributed by atoms with Crippen molar-refractivity contribution in [1.29, 1.82) is 0 Å². The van der Waals surface area contributed by atoms with Gasteiger partial charge in [0, 0.05) is 44.6 Å². The molecule has 4 heterocycles. The van der Waals surface area contributed by atoms with Crippen LogP contribution in [0.2, 0.25) is 0 Å². The van der Waals surface area contributed by atoms with E-state index in [1.54, 1.807) is 0 Å². The van der Waals surface area contributed by atoms with Crippen molar-refractivity contribution in [2.75, 3.05) is 9.80 Å². The maximum Gasteiger partial charge on any atom is 0.297 e. The molecule has 0 bridgehead atoms. The van der Waals surface area contributed by atoms with E-state index in [4.69, 9.17) is 8.83 Å². The van der Waals surface area contributed by atoms with Crippen molar-refractivity contribution in [2.45, 2.75) is 155 Å². The second-order valence-electron chi connectivity index (χ2n) is 27.1. The molecule has 2 aliphatic carbocycles. The highest BCUT2D eigenvalue weighted by atomic mass is 16.3. The van der Waals surface area contributed by atoms with Crippen LogP contribution in [0.1, 0.15) is 156 Å². The van der Waals surface area contributed by atoms with Gasteiger partial charge in [-0.15, -0.1) is 0 Å². The molecule has 9 aromatic rings. The smallest absolute Gasteiger partial charge is 0.297 e. The molecule has 0 fully saturated rings. The van der Waals surface area contributed by atoms with E-state index in [2.05, 4.69) is 234 Å². The average Bonchev–Trinajstić information content (AvgIpc) is 3.91. The summed E-state index contributed by atoms with van der Waals surface area (Å²) in [6.45, 7) is 33.3. The number of rotatable bonds is 3. The van der Waals surface area contributed by atoms with Gasteiger partial charge in [0.05, 0.1) is 11.3 Å². The van der Waals surface area contributed by atoms with Gasteiger partial charge in [0.15, 0.2) is 0 Å². The zero-order valence-electron chi connectivity index (χ0n) is 45.7. The Kier molecular flexibility index (Phi) is 9.58. The second kappa shape index (κ2) is 15.1. The maximum atomic E-state index is 7.71. The summed E-state index contributed by atoms with van der Waals surface area (Å²) in [6.07, 6.45) is 4.59. The normalized spacial score (nSPS) is 18.1. The Bertz CT molecular complexity index is 3790. The summed E-state index contributed by atoms with van der Waals surface area (Å²) in [5.74, 6) is 0. The highest BCUT2D eigenvalue weighted by Gasteiger charge is 2.49. The molecule has 7 aromatic carbocycles. The highest BCUT2D eigenvalue weighted by Crippen LogP contribution is 2.54. The fourth-order valence-electron chi connectivity index (χ4n) is 13.5. The first-order chi connectivity index (χ1) is 34.4. The van der Waals surface area contributed by atoms with E-state index < -0.39 is 0 Å². The van der Waals surface area contributed by atoms with Gasteiger partial charge in [-0.05, 0) is 186 Å². The van der Waals surface area contributed by atoms with Crippen LogP contribution in [0.4, 0.5) is 34.1 Å². The Labute approximate surface area is 433 Å². The summed E-state index contributed by atoms with van der Waals surface area (Å²) >= 11 is 0. The minimum atomic E-state index is -0.175. The molecule has 0 atom stereocenters. The zero-order chi connectivity index (χ0) is 51.1. The first-order valence-electron chi connectivity index (χ1n) is 27.1. The fourth-order valence-corrected chi connectivity index (χ4v) is 13.5. The van der Waals surface area contributed by atoms with Gasteiger partial charge in [0.1, 0.15) is 16.7 Å². The van der Waals surface area contributed by atoms with Crippen molar-refractivity contribution < 1.29 is 8.83 Å². The lowest BCUT2D eigenvalue weighted by Crippen LogP contribution is -2.61. The molecule has 0 saturated carbocycles. The SMILES string of the molecule is CC(C)(C)c1ccc(N2c3ccc(C(C)(C)C)cc3B3c4oc5cc6c(cc5c4N(c4ccc5c(c4)C(C)(C)CCC5(C)C)c4cc(-c5ccc7oc8ccccc8c7c5)cc2c43)C(C)(C)CCC6(C)C)cc1. The van der Waals surface area contributed by atoms with Crippen LogP contribution in [0.5, 0.6) is 0 Å². The van der Waals surface area contributed by atoms with Crippen molar-refractivity contribution in [3.05, 3.63) is 161 Å². The standard InChI is InChI=1S/C68H71BN2O2/c1-63(2,3)42-20-23-44(24-21-42)70-54-27-22-43(64(4,5)6)36-53(54)69-60-55(70)34-41(40-19-28-58-47(33-40)46-17-15-16-18-57(46)72-58)35-56(60)71(45-25-26-49-50(37-45)66(9,10)30-29-65(49,7)8)61-48-38-51-52(39-59(48)73-62(61)69)68(13,14)32-31-67(51,11)12/h15-28,33-39H,29-32H2,1-14H3. The third-order valence-corrected chi connectivity index (χ3v) is 18.3. The van der Waals surface area contributed by atoms with Gasteiger partial charge in [-0.1, -0.05) is 152 Å². The van der Waals surface area contributed by atoms with Gasteiger partial charge < -0.3 is 18.6 Å². The molecule has 0 saturated heterocycles. The molecule has 73 heavy (non-hydrogen) atoms. The van der Waals surface area contributed by atoms with Crippen molar-refractivity contribution in [3.8, 4) is 11.1 Å². The van der Waals surface area contributed by atoms with Crippen LogP contribution in [0.15, 0.2) is 136 Å². The predicted molar refractivity (Wildman–Crippen MR) is 311 cm³/mol. The summed E-state index contributed by atoms with van der Waals surface area (Å²) < 4.78 is 14.2. The summed E-state index contributed by atoms with van der Waals surface area (Å²) in [6, 6.07) is 49.3. The fraction of sp³-hybridized carbons (Fsp3) is 0.353. The molecule has 0 unspecified atom stereocenters. The van der Waals surface area contributed by atoms with Gasteiger partial charge in [-0.2, -0.15) is 0 Å². The third-order valence-electron chi connectivity index (χ3n) is 18.3. The first-order valence-corrected chi connectivity index (χ1v) is 27.1. The molecule has 2 aromatic heterocycles. The summed E-state index contributed by atoms with van der Waals surface area (Å²) in [4.78, 5) is 5.20. The second-order valence-corrected chi connectivity index (χ2v) is 27.1. The van der Waals surface area contributed by atoms with Crippen LogP contribution in [0, 0.1) is 0 Å². The van der Waals surface area contributed by atoms with E-state index in [9.17, 15) is 0 Å². The number of para-hydroxylation sites is 1. The lowest BCUT2D eigenvalue weighted by molar-refractivity contribution is 0.332. The molecule has 0 amide bonds. The average molecular weight is 959 g/mol. The van der Waals surface area contributed by atoms with Crippen molar-refractivity contribution in [1.82, 2.24) is 0 Å². The van der Waals surface area contributed by atoms with Crippen LogP contribution >= 0.6 is 0 Å². The van der Waals surface area contributed by atoms with E-state index in [1.165, 1.54) is 78.9 Å². The molecule has 0 spiro atoms. The number of nitrogens with zero attached hydrogens (tertiary/aromatic N) is 2. The topological polar surface area (TPSA) is 32.8 Å². The van der Waals surface area contributed by atoms with Crippen molar-refractivity contribution >= 4 is 90.3 Å². The number of anilines is 6. The zero-order valence-corrected chi connectivity index (χ0v) is 45.7. The third kappa shape index (κ3) is 6.92. The molecule has 368 valence electrons. The number of benzene rings is 7. The van der Waals surface area contributed by atoms with Gasteiger partial charge in [0.25, 0.3) is 6.71 Å². The number of fused-ring (bicyclic) bond motifs is 11. The number of furan rings is 2. The molecule has 5 heteroatoms. The first kappa shape index (κ1) is 46.3. The minimum absolute atomic E-state index is 0.0114. The van der Waals surface area contributed by atoms with Crippen molar-refractivity contribution in [3.63, 3.8) is 0 Å². The van der Waals surface area contributed by atoms with Crippen LogP contribution in [-0.2, 0) is 32.5 Å². The molecule has 4 nitrogen and oxygen atoms in total. The van der Waals surface area contributed by atoms with Gasteiger partial charge in [-0.25, -0.2) is 0 Å². The summed E-state index contributed by atoms with van der Waals surface area (Å²) in [7, 11) is 0. The van der Waals surface area contributed by atoms with Crippen LogP contribution in [-0.4, -0.2) is 6.71 Å². The van der Waals surface area contributed by atoms with Gasteiger partial charge in [-0.3, -0.25) is 0 Å². The largest absolute Gasteiger partial charge is 0.468 e. The summed E-state index contributed by atoms with van der Waals surface area (Å²) in [5, 5.41) is 3.45. The Morgan fingerprint density at radius 3 is 1.67 bits per heavy atom. The van der Waals surface area contributed by atoms with Crippen molar-refractivity contribution in [2.24, 2.45) is 0 Å². The molecule has 2 aliphatic heterocycles. The Balaban J connectivity index is 1.18. The van der Waals surface area contributed by atoms with Crippen LogP contribution in [0.3, 0.4) is 0 Å². The van der Waals surface area contributed by atoms with E-state index in [0.717, 1.165) is 74.9 Å². The van der Waals surface area contributed by atoms with Crippen LogP contribution < -0.4 is 26.4 Å². The Morgan fingerprint density at radius 1 is 0.425 bits per heavy atom. The van der Waals surface area contributed by atoms with E-state index in [1.807, 2.05) is 0 Å². The van der Waals surface area contributed by atoms with E-state index in [-0.39, 0.29) is 39.2 Å². The monoisotopic (exact) mass is 959 g/mol. The highest BCUT2D eigenvalue weighted by molar-refractivity contribution is 7.00. The van der Waals surface area contributed by atoms with E-state index in [0.29, 0.717) is 0 Å². The number of hydrogen-bond acceptors (Lipinski definition) is 4. The lowest BCUT2D eigenvalue weighted by atomic mass is 9.35. The van der Waals surface area contributed by atoms with E-state index >= 15 is 0 Å². The molecule has 0 N–H and O–H groups in total. The molecular weight excluding hydrogens is 888 g/mol. The molecule has 0 radical (unpaired) electrons. The van der Waals surface area contributed by atoms with Crippen LogP contribution in [0.25, 0.3) is 44.0 Å². The minimum Gasteiger partial charge on any atom is -0.468 e. The Hall–Kier alpha value is -6.46. The maximum absolute atomic E-state index is 7.71. The molecule has 13 rings (SSSR count). The van der Waals surface area contributed by atoms with Gasteiger partial charge in [0.2, 0.25) is 0 Å². The molecular formula is C68H71BN2O2. The Morgan fingerprint density at radius 2 is 1.00 bits per heavy atom.